The number of carbonyl (C=O) groups is 1. The summed E-state index contributed by atoms with van der Waals surface area (Å²) >= 11 is 0. The summed E-state index contributed by atoms with van der Waals surface area (Å²) in [5.41, 5.74) is 0.426. The first kappa shape index (κ1) is 16.0. The van der Waals surface area contributed by atoms with E-state index in [9.17, 15) is 26.4 Å². The van der Waals surface area contributed by atoms with Crippen molar-refractivity contribution >= 4 is 15.9 Å². The van der Waals surface area contributed by atoms with Gasteiger partial charge in [-0.3, -0.25) is 10.2 Å². The van der Waals surface area contributed by atoms with Crippen LogP contribution in [0.5, 0.6) is 0 Å². The molecule has 2 rings (SSSR count). The van der Waals surface area contributed by atoms with Crippen molar-refractivity contribution < 1.29 is 30.8 Å². The maximum Gasteiger partial charge on any atom is 0.417 e. The van der Waals surface area contributed by atoms with Crippen LogP contribution in [0.1, 0.15) is 16.1 Å². The highest BCUT2D eigenvalue weighted by Gasteiger charge is 2.37. The fourth-order valence-corrected chi connectivity index (χ4v) is 2.64. The van der Waals surface area contributed by atoms with E-state index in [4.69, 9.17) is 4.42 Å². The number of carbonyl (C=O) groups excluding carboxylic acids is 1. The van der Waals surface area contributed by atoms with Gasteiger partial charge < -0.3 is 4.42 Å². The van der Waals surface area contributed by atoms with Crippen LogP contribution in [0.4, 0.5) is 13.2 Å². The predicted molar refractivity (Wildman–Crippen MR) is 67.9 cm³/mol. The van der Waals surface area contributed by atoms with Crippen molar-refractivity contribution in [2.24, 2.45) is 0 Å². The van der Waals surface area contributed by atoms with E-state index in [1.807, 2.05) is 0 Å². The molecule has 1 aromatic heterocycles. The van der Waals surface area contributed by atoms with Gasteiger partial charge in [0, 0.05) is 0 Å². The Balaban J connectivity index is 2.23. The van der Waals surface area contributed by atoms with Gasteiger partial charge in [0.25, 0.3) is 10.0 Å². The zero-order valence-electron chi connectivity index (χ0n) is 10.7. The van der Waals surface area contributed by atoms with E-state index in [0.717, 1.165) is 18.2 Å². The second kappa shape index (κ2) is 5.81. The molecule has 0 spiro atoms. The lowest BCUT2D eigenvalue weighted by atomic mass is 10.2. The zero-order valence-corrected chi connectivity index (χ0v) is 11.5. The molecule has 0 aliphatic rings. The molecule has 6 nitrogen and oxygen atoms in total. The van der Waals surface area contributed by atoms with Gasteiger partial charge in [-0.05, 0) is 24.3 Å². The minimum Gasteiger partial charge on any atom is -0.459 e. The minimum absolute atomic E-state index is 0.202. The molecule has 22 heavy (non-hydrogen) atoms. The van der Waals surface area contributed by atoms with Crippen molar-refractivity contribution in [3.05, 3.63) is 54.0 Å². The number of hydrogen-bond donors (Lipinski definition) is 2. The Morgan fingerprint density at radius 3 is 2.36 bits per heavy atom. The molecule has 1 aromatic carbocycles. The number of furan rings is 1. The lowest BCUT2D eigenvalue weighted by Crippen LogP contribution is -2.42. The lowest BCUT2D eigenvalue weighted by molar-refractivity contribution is -0.139. The largest absolute Gasteiger partial charge is 0.459 e. The van der Waals surface area contributed by atoms with Gasteiger partial charge in [0.1, 0.15) is 0 Å². The Morgan fingerprint density at radius 2 is 1.77 bits per heavy atom. The van der Waals surface area contributed by atoms with Crippen molar-refractivity contribution in [3.8, 4) is 0 Å². The molecule has 2 aromatic rings. The first-order chi connectivity index (χ1) is 10.2. The third kappa shape index (κ3) is 3.46. The molecular weight excluding hydrogens is 325 g/mol. The molecule has 1 heterocycles. The molecule has 118 valence electrons. The number of hydrogen-bond acceptors (Lipinski definition) is 4. The SMILES string of the molecule is O=C(NNS(=O)(=O)c1ccccc1C(F)(F)F)c1ccco1. The van der Waals surface area contributed by atoms with Crippen LogP contribution in [0.15, 0.2) is 52.0 Å². The predicted octanol–water partition coefficient (Wildman–Crippen LogP) is 1.92. The van der Waals surface area contributed by atoms with Gasteiger partial charge in [-0.25, -0.2) is 8.42 Å². The smallest absolute Gasteiger partial charge is 0.417 e. The van der Waals surface area contributed by atoms with Crippen LogP contribution < -0.4 is 10.3 Å². The zero-order chi connectivity index (χ0) is 16.4. The molecule has 1 amide bonds. The van der Waals surface area contributed by atoms with Crippen LogP contribution in [-0.2, 0) is 16.2 Å². The summed E-state index contributed by atoms with van der Waals surface area (Å²) in [6, 6.07) is 6.25. The van der Waals surface area contributed by atoms with Crippen molar-refractivity contribution in [3.63, 3.8) is 0 Å². The standard InChI is InChI=1S/C12H9F3N2O4S/c13-12(14,15)8-4-1-2-6-10(8)22(19,20)17-16-11(18)9-5-3-7-21-9/h1-7,17H,(H,16,18). The van der Waals surface area contributed by atoms with Crippen LogP contribution in [0, 0.1) is 0 Å². The normalized spacial score (nSPS) is 12.1. The molecule has 0 saturated carbocycles. The van der Waals surface area contributed by atoms with Gasteiger partial charge in [0.2, 0.25) is 0 Å². The molecule has 0 radical (unpaired) electrons. The molecule has 0 aliphatic heterocycles. The summed E-state index contributed by atoms with van der Waals surface area (Å²) in [6.07, 6.45) is -3.67. The third-order valence-electron chi connectivity index (χ3n) is 2.53. The molecule has 0 fully saturated rings. The second-order valence-corrected chi connectivity index (χ2v) is 5.68. The number of alkyl halides is 3. The van der Waals surface area contributed by atoms with E-state index in [1.165, 1.54) is 18.4 Å². The molecule has 2 N–H and O–H groups in total. The Labute approximate surface area is 123 Å². The Morgan fingerprint density at radius 1 is 1.09 bits per heavy atom. The third-order valence-corrected chi connectivity index (χ3v) is 3.83. The highest BCUT2D eigenvalue weighted by molar-refractivity contribution is 7.89. The molecule has 10 heteroatoms. The maximum atomic E-state index is 12.8. The van der Waals surface area contributed by atoms with Gasteiger partial charge in [-0.2, -0.15) is 13.2 Å². The molecule has 0 bridgehead atoms. The summed E-state index contributed by atoms with van der Waals surface area (Å²) in [4.78, 5) is 12.1. The summed E-state index contributed by atoms with van der Waals surface area (Å²) in [6.45, 7) is 0. The van der Waals surface area contributed by atoms with E-state index >= 15 is 0 Å². The molecule has 0 saturated heterocycles. The van der Waals surface area contributed by atoms with Crippen LogP contribution in [0.2, 0.25) is 0 Å². The topological polar surface area (TPSA) is 88.4 Å². The van der Waals surface area contributed by atoms with E-state index in [0.29, 0.717) is 6.07 Å². The molecule has 0 atom stereocenters. The number of benzene rings is 1. The summed E-state index contributed by atoms with van der Waals surface area (Å²) in [7, 11) is -4.60. The highest BCUT2D eigenvalue weighted by atomic mass is 32.2. The molecular formula is C12H9F3N2O4S. The number of halogens is 3. The van der Waals surface area contributed by atoms with Crippen LogP contribution in [-0.4, -0.2) is 14.3 Å². The summed E-state index contributed by atoms with van der Waals surface area (Å²) in [5, 5.41) is 0. The minimum atomic E-state index is -4.85. The number of nitrogens with one attached hydrogen (secondary N) is 2. The summed E-state index contributed by atoms with van der Waals surface area (Å²) in [5.74, 6) is -1.15. The van der Waals surface area contributed by atoms with Gasteiger partial charge >= 0.3 is 12.1 Å². The molecule has 0 unspecified atom stereocenters. The Hall–Kier alpha value is -2.33. The monoisotopic (exact) mass is 334 g/mol. The quantitative estimate of drug-likeness (QED) is 0.836. The van der Waals surface area contributed by atoms with Crippen molar-refractivity contribution in [2.45, 2.75) is 11.1 Å². The number of rotatable bonds is 4. The van der Waals surface area contributed by atoms with E-state index in [2.05, 4.69) is 0 Å². The maximum absolute atomic E-state index is 12.8. The Kier molecular flexibility index (Phi) is 4.24. The van der Waals surface area contributed by atoms with E-state index in [-0.39, 0.29) is 5.76 Å². The van der Waals surface area contributed by atoms with Crippen LogP contribution >= 0.6 is 0 Å². The fraction of sp³-hybridized carbons (Fsp3) is 0.0833. The van der Waals surface area contributed by atoms with E-state index < -0.39 is 32.6 Å². The van der Waals surface area contributed by atoms with Gasteiger partial charge in [0.15, 0.2) is 5.76 Å². The van der Waals surface area contributed by atoms with Crippen LogP contribution in [0.25, 0.3) is 0 Å². The first-order valence-corrected chi connectivity index (χ1v) is 7.22. The van der Waals surface area contributed by atoms with Gasteiger partial charge in [-0.1, -0.05) is 12.1 Å². The lowest BCUT2D eigenvalue weighted by Gasteiger charge is -2.13. The second-order valence-electron chi connectivity index (χ2n) is 4.03. The number of sulfonamides is 1. The van der Waals surface area contributed by atoms with Gasteiger partial charge in [-0.15, -0.1) is 4.83 Å². The number of amides is 1. The van der Waals surface area contributed by atoms with Crippen molar-refractivity contribution in [2.75, 3.05) is 0 Å². The van der Waals surface area contributed by atoms with Crippen molar-refractivity contribution in [1.29, 1.82) is 0 Å². The Bertz CT molecular complexity index is 770. The van der Waals surface area contributed by atoms with E-state index in [1.54, 1.807) is 10.3 Å². The fourth-order valence-electron chi connectivity index (χ4n) is 1.57. The molecule has 0 aliphatic carbocycles. The van der Waals surface area contributed by atoms with Gasteiger partial charge in [0.05, 0.1) is 16.7 Å². The van der Waals surface area contributed by atoms with Crippen molar-refractivity contribution in [1.82, 2.24) is 10.3 Å². The van der Waals surface area contributed by atoms with Crippen LogP contribution in [0.3, 0.4) is 0 Å². The average molecular weight is 334 g/mol. The highest BCUT2D eigenvalue weighted by Crippen LogP contribution is 2.33. The summed E-state index contributed by atoms with van der Waals surface area (Å²) < 4.78 is 67.0. The number of hydrazine groups is 1. The average Bonchev–Trinajstić information content (AvgIpc) is 2.98. The first-order valence-electron chi connectivity index (χ1n) is 5.74.